The molecule has 112 valence electrons. The van der Waals surface area contributed by atoms with Crippen LogP contribution in [0.1, 0.15) is 21.7 Å². The normalized spacial score (nSPS) is 10.6. The molecule has 2 N–H and O–H groups in total. The first-order chi connectivity index (χ1) is 10.7. The lowest BCUT2D eigenvalue weighted by atomic mass is 10.1. The van der Waals surface area contributed by atoms with E-state index in [-0.39, 0.29) is 5.91 Å². The molecule has 0 spiro atoms. The van der Waals surface area contributed by atoms with Crippen LogP contribution in [0, 0.1) is 6.92 Å². The van der Waals surface area contributed by atoms with Crippen LogP contribution in [0.25, 0.3) is 10.9 Å². The van der Waals surface area contributed by atoms with Gasteiger partial charge in [0.1, 0.15) is 5.75 Å². The van der Waals surface area contributed by atoms with Gasteiger partial charge in [-0.15, -0.1) is 0 Å². The maximum atomic E-state index is 12.6. The van der Waals surface area contributed by atoms with Gasteiger partial charge in [-0.1, -0.05) is 12.1 Å². The first kappa shape index (κ1) is 14.1. The summed E-state index contributed by atoms with van der Waals surface area (Å²) in [6.07, 6.45) is 1.71. The molecule has 5 heteroatoms. The van der Waals surface area contributed by atoms with Gasteiger partial charge in [-0.05, 0) is 31.2 Å². The van der Waals surface area contributed by atoms with Gasteiger partial charge in [-0.3, -0.25) is 9.78 Å². The number of H-pyrrole nitrogens is 1. The van der Waals surface area contributed by atoms with E-state index in [0.717, 1.165) is 22.3 Å². The van der Waals surface area contributed by atoms with Crippen LogP contribution in [0.5, 0.6) is 5.75 Å². The molecule has 0 atom stereocenters. The summed E-state index contributed by atoms with van der Waals surface area (Å²) in [6, 6.07) is 11.3. The molecule has 0 bridgehead atoms. The van der Waals surface area contributed by atoms with E-state index in [0.29, 0.717) is 17.9 Å². The predicted molar refractivity (Wildman–Crippen MR) is 85.0 cm³/mol. The predicted octanol–water partition coefficient (Wildman–Crippen LogP) is 2.81. The Labute approximate surface area is 128 Å². The van der Waals surface area contributed by atoms with Gasteiger partial charge in [0.25, 0.3) is 5.91 Å². The standard InChI is InChI=1S/C17H17N3O2/c1-11-15(16-13(20-11)7-5-8-14(16)22-2)17(21)19-10-12-6-3-4-9-18-12/h3-9,20H,10H2,1-2H3,(H,19,21). The largest absolute Gasteiger partial charge is 0.496 e. The Balaban J connectivity index is 1.92. The molecule has 0 aliphatic rings. The van der Waals surface area contributed by atoms with Crippen molar-refractivity contribution < 1.29 is 9.53 Å². The number of carbonyl (C=O) groups is 1. The average molecular weight is 295 g/mol. The van der Waals surface area contributed by atoms with Crippen molar-refractivity contribution >= 4 is 16.8 Å². The maximum absolute atomic E-state index is 12.6. The van der Waals surface area contributed by atoms with Crippen LogP contribution in [-0.4, -0.2) is 23.0 Å². The molecule has 0 saturated carbocycles. The van der Waals surface area contributed by atoms with Crippen molar-refractivity contribution in [2.24, 2.45) is 0 Å². The summed E-state index contributed by atoms with van der Waals surface area (Å²) in [5.41, 5.74) is 3.14. The molecule has 1 amide bonds. The van der Waals surface area contributed by atoms with Crippen LogP contribution in [0.2, 0.25) is 0 Å². The van der Waals surface area contributed by atoms with Crippen molar-refractivity contribution in [1.82, 2.24) is 15.3 Å². The Bertz CT molecular complexity index is 809. The first-order valence-electron chi connectivity index (χ1n) is 7.04. The van der Waals surface area contributed by atoms with Crippen LogP contribution in [0.4, 0.5) is 0 Å². The fourth-order valence-electron chi connectivity index (χ4n) is 2.56. The zero-order valence-corrected chi connectivity index (χ0v) is 12.5. The molecular weight excluding hydrogens is 278 g/mol. The number of fused-ring (bicyclic) bond motifs is 1. The molecule has 2 aromatic heterocycles. The molecule has 0 fully saturated rings. The van der Waals surface area contributed by atoms with Crippen LogP contribution in [0.3, 0.4) is 0 Å². The number of carbonyl (C=O) groups excluding carboxylic acids is 1. The number of hydrogen-bond acceptors (Lipinski definition) is 3. The molecule has 0 saturated heterocycles. The number of aromatic nitrogens is 2. The smallest absolute Gasteiger partial charge is 0.254 e. The highest BCUT2D eigenvalue weighted by Gasteiger charge is 2.19. The Morgan fingerprint density at radius 2 is 2.14 bits per heavy atom. The lowest BCUT2D eigenvalue weighted by Gasteiger charge is -2.07. The van der Waals surface area contributed by atoms with Crippen molar-refractivity contribution in [3.05, 3.63) is 59.5 Å². The van der Waals surface area contributed by atoms with E-state index < -0.39 is 0 Å². The van der Waals surface area contributed by atoms with Crippen LogP contribution >= 0.6 is 0 Å². The number of rotatable bonds is 4. The van der Waals surface area contributed by atoms with Crippen molar-refractivity contribution in [1.29, 1.82) is 0 Å². The van der Waals surface area contributed by atoms with Crippen molar-refractivity contribution in [3.63, 3.8) is 0 Å². The molecule has 5 nitrogen and oxygen atoms in total. The highest BCUT2D eigenvalue weighted by Crippen LogP contribution is 2.30. The lowest BCUT2D eigenvalue weighted by molar-refractivity contribution is 0.0951. The summed E-state index contributed by atoms with van der Waals surface area (Å²) < 4.78 is 5.38. The second-order valence-corrected chi connectivity index (χ2v) is 5.01. The van der Waals surface area contributed by atoms with Crippen LogP contribution in [0.15, 0.2) is 42.6 Å². The first-order valence-corrected chi connectivity index (χ1v) is 7.04. The van der Waals surface area contributed by atoms with E-state index >= 15 is 0 Å². The van der Waals surface area contributed by atoms with Gasteiger partial charge in [-0.25, -0.2) is 0 Å². The Morgan fingerprint density at radius 1 is 1.27 bits per heavy atom. The number of nitrogens with zero attached hydrogens (tertiary/aromatic N) is 1. The molecule has 0 unspecified atom stereocenters. The quantitative estimate of drug-likeness (QED) is 0.777. The molecule has 22 heavy (non-hydrogen) atoms. The highest BCUT2D eigenvalue weighted by atomic mass is 16.5. The van der Waals surface area contributed by atoms with Crippen LogP contribution < -0.4 is 10.1 Å². The number of aromatic amines is 1. The zero-order valence-electron chi connectivity index (χ0n) is 12.5. The third-order valence-electron chi connectivity index (χ3n) is 3.58. The Hall–Kier alpha value is -2.82. The summed E-state index contributed by atoms with van der Waals surface area (Å²) >= 11 is 0. The number of benzene rings is 1. The molecule has 2 heterocycles. The fourth-order valence-corrected chi connectivity index (χ4v) is 2.56. The van der Waals surface area contributed by atoms with Gasteiger partial charge >= 0.3 is 0 Å². The number of amides is 1. The monoisotopic (exact) mass is 295 g/mol. The third-order valence-corrected chi connectivity index (χ3v) is 3.58. The lowest BCUT2D eigenvalue weighted by Crippen LogP contribution is -2.23. The van der Waals surface area contributed by atoms with Crippen molar-refractivity contribution in [3.8, 4) is 5.75 Å². The number of aryl methyl sites for hydroxylation is 1. The van der Waals surface area contributed by atoms with E-state index in [1.54, 1.807) is 13.3 Å². The second-order valence-electron chi connectivity index (χ2n) is 5.01. The summed E-state index contributed by atoms with van der Waals surface area (Å²) in [5, 5.41) is 3.72. The number of pyridine rings is 1. The summed E-state index contributed by atoms with van der Waals surface area (Å²) in [7, 11) is 1.60. The number of hydrogen-bond donors (Lipinski definition) is 2. The van der Waals surface area contributed by atoms with Gasteiger partial charge < -0.3 is 15.0 Å². The SMILES string of the molecule is COc1cccc2[nH]c(C)c(C(=O)NCc3ccccn3)c12. The molecule has 3 rings (SSSR count). The minimum Gasteiger partial charge on any atom is -0.496 e. The van der Waals surface area contributed by atoms with Gasteiger partial charge in [-0.2, -0.15) is 0 Å². The van der Waals surface area contributed by atoms with E-state index in [4.69, 9.17) is 4.74 Å². The maximum Gasteiger partial charge on any atom is 0.254 e. The van der Waals surface area contributed by atoms with Gasteiger partial charge in [0.15, 0.2) is 0 Å². The van der Waals surface area contributed by atoms with E-state index in [1.165, 1.54) is 0 Å². The Morgan fingerprint density at radius 3 is 2.86 bits per heavy atom. The number of ether oxygens (including phenoxy) is 1. The molecule has 0 aliphatic heterocycles. The molecule has 1 aromatic carbocycles. The van der Waals surface area contributed by atoms with Crippen LogP contribution in [-0.2, 0) is 6.54 Å². The van der Waals surface area contributed by atoms with E-state index in [1.807, 2.05) is 43.3 Å². The Kier molecular flexibility index (Phi) is 3.78. The average Bonchev–Trinajstić information content (AvgIpc) is 2.89. The summed E-state index contributed by atoms with van der Waals surface area (Å²) in [4.78, 5) is 20.0. The van der Waals surface area contributed by atoms with E-state index in [9.17, 15) is 4.79 Å². The van der Waals surface area contributed by atoms with Crippen molar-refractivity contribution in [2.45, 2.75) is 13.5 Å². The number of methoxy groups -OCH3 is 1. The zero-order chi connectivity index (χ0) is 15.5. The topological polar surface area (TPSA) is 67.0 Å². The minimum atomic E-state index is -0.140. The molecular formula is C17H17N3O2. The summed E-state index contributed by atoms with van der Waals surface area (Å²) in [6.45, 7) is 2.27. The van der Waals surface area contributed by atoms with Gasteiger partial charge in [0.05, 0.1) is 35.8 Å². The fraction of sp³-hybridized carbons (Fsp3) is 0.176. The second kappa shape index (κ2) is 5.89. The van der Waals surface area contributed by atoms with Gasteiger partial charge in [0.2, 0.25) is 0 Å². The third kappa shape index (κ3) is 2.53. The molecule has 3 aromatic rings. The number of nitrogens with one attached hydrogen (secondary N) is 2. The van der Waals surface area contributed by atoms with Crippen molar-refractivity contribution in [2.75, 3.05) is 7.11 Å². The highest BCUT2D eigenvalue weighted by molar-refractivity contribution is 6.10. The van der Waals surface area contributed by atoms with Gasteiger partial charge in [0, 0.05) is 11.9 Å². The summed E-state index contributed by atoms with van der Waals surface area (Å²) in [5.74, 6) is 0.545. The molecule has 0 aliphatic carbocycles. The molecule has 0 radical (unpaired) electrons. The minimum absolute atomic E-state index is 0.140. The van der Waals surface area contributed by atoms with E-state index in [2.05, 4.69) is 15.3 Å².